The Morgan fingerprint density at radius 3 is 2.73 bits per heavy atom. The minimum Gasteiger partial charge on any atom is -0.447 e. The fourth-order valence-corrected chi connectivity index (χ4v) is 2.56. The van der Waals surface area contributed by atoms with E-state index in [-0.39, 0.29) is 18.7 Å². The van der Waals surface area contributed by atoms with Crippen molar-refractivity contribution in [2.24, 2.45) is 0 Å². The predicted octanol–water partition coefficient (Wildman–Crippen LogP) is 3.47. The number of urea groups is 1. The Morgan fingerprint density at radius 1 is 1.23 bits per heavy atom. The van der Waals surface area contributed by atoms with Gasteiger partial charge in [-0.3, -0.25) is 4.90 Å². The van der Waals surface area contributed by atoms with Gasteiger partial charge in [0.05, 0.1) is 13.1 Å². The maximum atomic E-state index is 11.8. The lowest BCUT2D eigenvalue weighted by Gasteiger charge is -2.11. The molecule has 0 bridgehead atoms. The van der Waals surface area contributed by atoms with Gasteiger partial charge in [-0.1, -0.05) is 29.5 Å². The molecule has 1 aliphatic heterocycles. The summed E-state index contributed by atoms with van der Waals surface area (Å²) in [5, 5.41) is 5.87. The third-order valence-electron chi connectivity index (χ3n) is 3.59. The van der Waals surface area contributed by atoms with E-state index < -0.39 is 0 Å². The van der Waals surface area contributed by atoms with Crippen molar-refractivity contribution in [3.63, 3.8) is 0 Å². The first kappa shape index (κ1) is 17.6. The molecule has 1 heterocycles. The van der Waals surface area contributed by atoms with Crippen LogP contribution in [0.15, 0.2) is 48.5 Å². The van der Waals surface area contributed by atoms with Crippen molar-refractivity contribution in [3.05, 3.63) is 59.1 Å². The van der Waals surface area contributed by atoms with Crippen molar-refractivity contribution >= 4 is 35.1 Å². The molecule has 1 saturated heterocycles. The Hall–Kier alpha value is -3.17. The molecule has 0 spiro atoms. The van der Waals surface area contributed by atoms with Crippen LogP contribution in [0.25, 0.3) is 0 Å². The van der Waals surface area contributed by atoms with Crippen molar-refractivity contribution in [1.82, 2.24) is 5.32 Å². The molecule has 0 radical (unpaired) electrons. The number of rotatable bonds is 3. The largest absolute Gasteiger partial charge is 0.447 e. The van der Waals surface area contributed by atoms with E-state index in [0.717, 1.165) is 11.3 Å². The van der Waals surface area contributed by atoms with Crippen LogP contribution < -0.4 is 15.5 Å². The summed E-state index contributed by atoms with van der Waals surface area (Å²) >= 11 is 5.86. The van der Waals surface area contributed by atoms with Gasteiger partial charge in [-0.05, 0) is 42.5 Å². The molecule has 0 saturated carbocycles. The van der Waals surface area contributed by atoms with Crippen molar-refractivity contribution in [3.8, 4) is 11.8 Å². The summed E-state index contributed by atoms with van der Waals surface area (Å²) in [6.45, 7) is 1.16. The van der Waals surface area contributed by atoms with E-state index in [9.17, 15) is 9.59 Å². The summed E-state index contributed by atoms with van der Waals surface area (Å²) in [5.41, 5.74) is 2.18. The number of carbonyl (C=O) groups excluding carboxylic acids is 2. The summed E-state index contributed by atoms with van der Waals surface area (Å²) in [6.07, 6.45) is -0.334. The molecule has 6 nitrogen and oxygen atoms in total. The second kappa shape index (κ2) is 8.28. The first-order valence-corrected chi connectivity index (χ1v) is 8.33. The average molecular weight is 370 g/mol. The summed E-state index contributed by atoms with van der Waals surface area (Å²) in [6, 6.07) is 13.8. The van der Waals surface area contributed by atoms with Gasteiger partial charge in [-0.2, -0.15) is 0 Å². The minimum absolute atomic E-state index is 0.201. The quantitative estimate of drug-likeness (QED) is 0.814. The molecule has 2 aromatic rings. The number of cyclic esters (lactones) is 1. The van der Waals surface area contributed by atoms with Gasteiger partial charge in [0.15, 0.2) is 0 Å². The zero-order valence-corrected chi connectivity index (χ0v) is 14.5. The van der Waals surface area contributed by atoms with Crippen LogP contribution in [-0.2, 0) is 4.74 Å². The van der Waals surface area contributed by atoms with E-state index in [1.165, 1.54) is 0 Å². The zero-order valence-electron chi connectivity index (χ0n) is 13.8. The van der Waals surface area contributed by atoms with E-state index >= 15 is 0 Å². The number of ether oxygens (including phenoxy) is 1. The molecular weight excluding hydrogens is 354 g/mol. The van der Waals surface area contributed by atoms with Gasteiger partial charge in [0.25, 0.3) is 0 Å². The predicted molar refractivity (Wildman–Crippen MR) is 100 cm³/mol. The third-order valence-corrected chi connectivity index (χ3v) is 3.83. The number of halogens is 1. The zero-order chi connectivity index (χ0) is 18.4. The normalized spacial score (nSPS) is 12.8. The molecule has 2 N–H and O–H groups in total. The number of hydrogen-bond donors (Lipinski definition) is 2. The van der Waals surface area contributed by atoms with Crippen LogP contribution in [0, 0.1) is 11.8 Å². The number of carbonyl (C=O) groups is 2. The second-order valence-corrected chi connectivity index (χ2v) is 5.87. The summed E-state index contributed by atoms with van der Waals surface area (Å²) < 4.78 is 4.91. The van der Waals surface area contributed by atoms with Crippen LogP contribution in [0.5, 0.6) is 0 Å². The molecule has 132 valence electrons. The van der Waals surface area contributed by atoms with Crippen LogP contribution in [0.1, 0.15) is 5.56 Å². The lowest BCUT2D eigenvalue weighted by molar-refractivity contribution is 0.181. The highest BCUT2D eigenvalue weighted by Crippen LogP contribution is 2.18. The first-order chi connectivity index (χ1) is 12.6. The highest BCUT2D eigenvalue weighted by atomic mass is 35.5. The summed E-state index contributed by atoms with van der Waals surface area (Å²) in [7, 11) is 0. The Balaban J connectivity index is 1.48. The third kappa shape index (κ3) is 4.68. The number of nitrogens with one attached hydrogen (secondary N) is 2. The van der Waals surface area contributed by atoms with E-state index in [2.05, 4.69) is 22.5 Å². The highest BCUT2D eigenvalue weighted by Gasteiger charge is 2.23. The number of nitrogens with zero attached hydrogens (tertiary/aromatic N) is 1. The fourth-order valence-electron chi connectivity index (χ4n) is 2.36. The van der Waals surface area contributed by atoms with Crippen molar-refractivity contribution in [2.75, 3.05) is 29.9 Å². The number of amides is 3. The molecule has 0 aromatic heterocycles. The Labute approximate surface area is 156 Å². The fraction of sp³-hybridized carbons (Fsp3) is 0.158. The molecule has 26 heavy (non-hydrogen) atoms. The molecular formula is C19H16ClN3O3. The van der Waals surface area contributed by atoms with Crippen molar-refractivity contribution in [1.29, 1.82) is 0 Å². The monoisotopic (exact) mass is 369 g/mol. The van der Waals surface area contributed by atoms with Gasteiger partial charge in [0, 0.05) is 22.0 Å². The van der Waals surface area contributed by atoms with E-state index in [4.69, 9.17) is 16.3 Å². The second-order valence-electron chi connectivity index (χ2n) is 5.43. The van der Waals surface area contributed by atoms with Gasteiger partial charge in [-0.25, -0.2) is 9.59 Å². The molecule has 2 aromatic carbocycles. The Kier molecular flexibility index (Phi) is 5.62. The standard InChI is InChI=1S/C19H16ClN3O3/c20-15-4-1-5-16(13-15)22-18(24)21-10-2-3-14-6-8-17(9-7-14)23-11-12-26-19(23)25/h1,4-9,13H,10-12H2,(H2,21,22,24). The first-order valence-electron chi connectivity index (χ1n) is 7.95. The molecule has 0 aliphatic carbocycles. The molecule has 1 aliphatic rings. The van der Waals surface area contributed by atoms with Gasteiger partial charge in [-0.15, -0.1) is 0 Å². The van der Waals surface area contributed by atoms with Crippen LogP contribution in [0.2, 0.25) is 5.02 Å². The van der Waals surface area contributed by atoms with Gasteiger partial charge < -0.3 is 15.4 Å². The van der Waals surface area contributed by atoms with Crippen LogP contribution in [-0.4, -0.2) is 31.8 Å². The van der Waals surface area contributed by atoms with Gasteiger partial charge >= 0.3 is 12.1 Å². The molecule has 0 atom stereocenters. The maximum absolute atomic E-state index is 11.8. The number of anilines is 2. The van der Waals surface area contributed by atoms with Gasteiger partial charge in [0.2, 0.25) is 0 Å². The molecule has 3 amide bonds. The smallest absolute Gasteiger partial charge is 0.414 e. The summed E-state index contributed by atoms with van der Waals surface area (Å²) in [5.74, 6) is 5.83. The van der Waals surface area contributed by atoms with E-state index in [0.29, 0.717) is 23.9 Å². The molecule has 7 heteroatoms. The average Bonchev–Trinajstić information content (AvgIpc) is 3.05. The van der Waals surface area contributed by atoms with Gasteiger partial charge in [0.1, 0.15) is 6.61 Å². The Morgan fingerprint density at radius 2 is 2.04 bits per heavy atom. The topological polar surface area (TPSA) is 70.7 Å². The highest BCUT2D eigenvalue weighted by molar-refractivity contribution is 6.30. The molecule has 3 rings (SSSR count). The maximum Gasteiger partial charge on any atom is 0.414 e. The molecule has 0 unspecified atom stereocenters. The Bertz CT molecular complexity index is 872. The van der Waals surface area contributed by atoms with Crippen LogP contribution in [0.3, 0.4) is 0 Å². The molecule has 1 fully saturated rings. The number of benzene rings is 2. The SMILES string of the molecule is O=C(NCC#Cc1ccc(N2CCOC2=O)cc1)Nc1cccc(Cl)c1. The number of hydrogen-bond acceptors (Lipinski definition) is 3. The van der Waals surface area contributed by atoms with E-state index in [1.807, 2.05) is 24.3 Å². The van der Waals surface area contributed by atoms with Crippen LogP contribution >= 0.6 is 11.6 Å². The minimum atomic E-state index is -0.357. The van der Waals surface area contributed by atoms with Crippen LogP contribution in [0.4, 0.5) is 21.0 Å². The summed E-state index contributed by atoms with van der Waals surface area (Å²) in [4.78, 5) is 24.8. The van der Waals surface area contributed by atoms with E-state index in [1.54, 1.807) is 29.2 Å². The van der Waals surface area contributed by atoms with Crippen molar-refractivity contribution in [2.45, 2.75) is 0 Å². The van der Waals surface area contributed by atoms with Crippen molar-refractivity contribution < 1.29 is 14.3 Å². The lowest BCUT2D eigenvalue weighted by atomic mass is 10.2. The lowest BCUT2D eigenvalue weighted by Crippen LogP contribution is -2.28.